The maximum atomic E-state index is 6.13. The molecule has 0 aromatic rings. The second-order valence-electron chi connectivity index (χ2n) is 5.56. The van der Waals surface area contributed by atoms with Crippen LogP contribution in [0.15, 0.2) is 0 Å². The van der Waals surface area contributed by atoms with Crippen LogP contribution in [0.3, 0.4) is 0 Å². The van der Waals surface area contributed by atoms with Crippen LogP contribution in [-0.2, 0) is 4.74 Å². The molecule has 4 heteroatoms. The molecule has 0 aliphatic carbocycles. The molecular weight excluding hydrogens is 232 g/mol. The summed E-state index contributed by atoms with van der Waals surface area (Å²) in [6.07, 6.45) is 3.46. The van der Waals surface area contributed by atoms with Crippen molar-refractivity contribution in [2.45, 2.75) is 49.1 Å². The fourth-order valence-corrected chi connectivity index (χ4v) is 4.53. The second kappa shape index (κ2) is 5.91. The molecule has 0 radical (unpaired) electrons. The van der Waals surface area contributed by atoms with Crippen molar-refractivity contribution in [2.75, 3.05) is 32.8 Å². The molecule has 3 unspecified atom stereocenters. The van der Waals surface area contributed by atoms with Crippen molar-refractivity contribution in [3.05, 3.63) is 0 Å². The molecular formula is C13H26N2OS. The van der Waals surface area contributed by atoms with Gasteiger partial charge in [-0.15, -0.1) is 0 Å². The standard InChI is InChI=1S/C13H26N2OS/c1-11-8-15(9-12(2)17-11)13(10-14)4-3-6-16-7-5-13/h11-12H,3-10,14H2,1-2H3. The van der Waals surface area contributed by atoms with Crippen molar-refractivity contribution in [3.63, 3.8) is 0 Å². The average Bonchev–Trinajstić information content (AvgIpc) is 2.53. The van der Waals surface area contributed by atoms with Crippen LogP contribution in [0, 0.1) is 0 Å². The van der Waals surface area contributed by atoms with Crippen LogP contribution in [0.1, 0.15) is 33.1 Å². The van der Waals surface area contributed by atoms with Gasteiger partial charge in [-0.05, 0) is 19.3 Å². The first-order valence-corrected chi connectivity index (χ1v) is 7.79. The maximum absolute atomic E-state index is 6.13. The Hall–Kier alpha value is 0.230. The quantitative estimate of drug-likeness (QED) is 0.818. The van der Waals surface area contributed by atoms with E-state index in [4.69, 9.17) is 10.5 Å². The first-order valence-electron chi connectivity index (χ1n) is 6.84. The summed E-state index contributed by atoms with van der Waals surface area (Å²) in [6.45, 7) is 9.62. The molecule has 2 fully saturated rings. The Morgan fingerprint density at radius 1 is 1.24 bits per heavy atom. The van der Waals surface area contributed by atoms with E-state index in [1.807, 2.05) is 0 Å². The summed E-state index contributed by atoms with van der Waals surface area (Å²) in [4.78, 5) is 2.66. The molecule has 3 atom stereocenters. The van der Waals surface area contributed by atoms with Gasteiger partial charge in [0.05, 0.1) is 0 Å². The Bertz CT molecular complexity index is 232. The van der Waals surface area contributed by atoms with E-state index in [0.717, 1.165) is 43.1 Å². The van der Waals surface area contributed by atoms with Crippen molar-refractivity contribution in [2.24, 2.45) is 5.73 Å². The lowest BCUT2D eigenvalue weighted by molar-refractivity contribution is 0.0655. The van der Waals surface area contributed by atoms with Gasteiger partial charge in [0.15, 0.2) is 0 Å². The minimum atomic E-state index is 0.208. The lowest BCUT2D eigenvalue weighted by Gasteiger charge is -2.48. The van der Waals surface area contributed by atoms with E-state index in [1.54, 1.807) is 0 Å². The van der Waals surface area contributed by atoms with Crippen molar-refractivity contribution in [1.29, 1.82) is 0 Å². The van der Waals surface area contributed by atoms with E-state index < -0.39 is 0 Å². The molecule has 0 bridgehead atoms. The van der Waals surface area contributed by atoms with Crippen LogP contribution in [0.4, 0.5) is 0 Å². The number of nitrogens with zero attached hydrogens (tertiary/aromatic N) is 1. The van der Waals surface area contributed by atoms with E-state index in [-0.39, 0.29) is 5.54 Å². The Balaban J connectivity index is 2.09. The van der Waals surface area contributed by atoms with Crippen molar-refractivity contribution in [1.82, 2.24) is 4.90 Å². The molecule has 2 N–H and O–H groups in total. The highest BCUT2D eigenvalue weighted by Crippen LogP contribution is 2.34. The third-order valence-corrected chi connectivity index (χ3v) is 5.34. The van der Waals surface area contributed by atoms with Gasteiger partial charge in [-0.3, -0.25) is 4.90 Å². The van der Waals surface area contributed by atoms with Gasteiger partial charge in [-0.2, -0.15) is 11.8 Å². The number of nitrogens with two attached hydrogens (primary N) is 1. The average molecular weight is 258 g/mol. The van der Waals surface area contributed by atoms with Gasteiger partial charge in [0.25, 0.3) is 0 Å². The van der Waals surface area contributed by atoms with Gasteiger partial charge in [-0.1, -0.05) is 13.8 Å². The van der Waals surface area contributed by atoms with Gasteiger partial charge < -0.3 is 10.5 Å². The normalized spacial score (nSPS) is 41.1. The predicted molar refractivity (Wildman–Crippen MR) is 74.5 cm³/mol. The molecule has 100 valence electrons. The highest BCUT2D eigenvalue weighted by molar-refractivity contribution is 8.00. The minimum Gasteiger partial charge on any atom is -0.381 e. The molecule has 17 heavy (non-hydrogen) atoms. The van der Waals surface area contributed by atoms with E-state index >= 15 is 0 Å². The van der Waals surface area contributed by atoms with E-state index in [1.165, 1.54) is 19.5 Å². The molecule has 2 saturated heterocycles. The van der Waals surface area contributed by atoms with Gasteiger partial charge in [0.2, 0.25) is 0 Å². The van der Waals surface area contributed by atoms with Gasteiger partial charge in [0, 0.05) is 48.9 Å². The zero-order valence-electron chi connectivity index (χ0n) is 11.2. The summed E-state index contributed by atoms with van der Waals surface area (Å²) in [6, 6.07) is 0. The Morgan fingerprint density at radius 3 is 2.59 bits per heavy atom. The van der Waals surface area contributed by atoms with E-state index in [2.05, 4.69) is 30.5 Å². The topological polar surface area (TPSA) is 38.5 Å². The molecule has 0 aromatic heterocycles. The molecule has 2 heterocycles. The second-order valence-corrected chi connectivity index (χ2v) is 7.44. The van der Waals surface area contributed by atoms with E-state index in [9.17, 15) is 0 Å². The summed E-state index contributed by atoms with van der Waals surface area (Å²) >= 11 is 2.11. The zero-order valence-corrected chi connectivity index (χ0v) is 12.0. The minimum absolute atomic E-state index is 0.208. The summed E-state index contributed by atoms with van der Waals surface area (Å²) in [5.41, 5.74) is 6.33. The smallest absolute Gasteiger partial charge is 0.0484 e. The van der Waals surface area contributed by atoms with Crippen LogP contribution >= 0.6 is 11.8 Å². The Kier molecular flexibility index (Phi) is 4.75. The number of rotatable bonds is 2. The van der Waals surface area contributed by atoms with Crippen LogP contribution in [0.25, 0.3) is 0 Å². The molecule has 0 spiro atoms. The van der Waals surface area contributed by atoms with Crippen LogP contribution < -0.4 is 5.73 Å². The summed E-state index contributed by atoms with van der Waals surface area (Å²) < 4.78 is 5.61. The molecule has 0 amide bonds. The molecule has 2 aliphatic rings. The van der Waals surface area contributed by atoms with Crippen LogP contribution in [0.5, 0.6) is 0 Å². The van der Waals surface area contributed by atoms with Gasteiger partial charge in [0.1, 0.15) is 0 Å². The molecule has 3 nitrogen and oxygen atoms in total. The maximum Gasteiger partial charge on any atom is 0.0484 e. The lowest BCUT2D eigenvalue weighted by Crippen LogP contribution is -2.59. The summed E-state index contributed by atoms with van der Waals surface area (Å²) in [5.74, 6) is 0. The van der Waals surface area contributed by atoms with Gasteiger partial charge >= 0.3 is 0 Å². The van der Waals surface area contributed by atoms with Crippen molar-refractivity contribution in [3.8, 4) is 0 Å². The third-order valence-electron chi connectivity index (χ3n) is 4.11. The van der Waals surface area contributed by atoms with Crippen molar-refractivity contribution >= 4 is 11.8 Å². The summed E-state index contributed by atoms with van der Waals surface area (Å²) in [5, 5.41) is 1.46. The fraction of sp³-hybridized carbons (Fsp3) is 1.00. The number of hydrogen-bond acceptors (Lipinski definition) is 4. The van der Waals surface area contributed by atoms with Crippen LogP contribution in [0.2, 0.25) is 0 Å². The highest BCUT2D eigenvalue weighted by Gasteiger charge is 2.39. The lowest BCUT2D eigenvalue weighted by atomic mass is 9.88. The first-order chi connectivity index (χ1) is 8.16. The monoisotopic (exact) mass is 258 g/mol. The van der Waals surface area contributed by atoms with Gasteiger partial charge in [-0.25, -0.2) is 0 Å². The Morgan fingerprint density at radius 2 is 1.94 bits per heavy atom. The molecule has 2 aliphatic heterocycles. The largest absolute Gasteiger partial charge is 0.381 e. The van der Waals surface area contributed by atoms with E-state index in [0.29, 0.717) is 0 Å². The number of hydrogen-bond donors (Lipinski definition) is 1. The first kappa shape index (κ1) is 13.7. The fourth-order valence-electron chi connectivity index (χ4n) is 3.21. The molecule has 2 rings (SSSR count). The Labute approximate surface area is 109 Å². The third kappa shape index (κ3) is 3.16. The van der Waals surface area contributed by atoms with Crippen molar-refractivity contribution < 1.29 is 4.74 Å². The van der Waals surface area contributed by atoms with Crippen LogP contribution in [-0.4, -0.2) is 53.8 Å². The highest BCUT2D eigenvalue weighted by atomic mass is 32.2. The molecule has 0 aromatic carbocycles. The SMILES string of the molecule is CC1CN(C2(CN)CCCOCC2)CC(C)S1. The number of ether oxygens (including phenoxy) is 1. The summed E-state index contributed by atoms with van der Waals surface area (Å²) in [7, 11) is 0. The molecule has 0 saturated carbocycles. The predicted octanol–water partition coefficient (Wildman–Crippen LogP) is 1.71. The zero-order chi connectivity index (χ0) is 12.3. The number of thioether (sulfide) groups is 1.